The highest BCUT2D eigenvalue weighted by atomic mass is 16.7. The summed E-state index contributed by atoms with van der Waals surface area (Å²) in [6.45, 7) is 7.36. The predicted molar refractivity (Wildman–Crippen MR) is 183 cm³/mol. The number of hydrogen-bond donors (Lipinski definition) is 3. The number of aryl methyl sites for hydroxylation is 2. The number of aromatic hydroxyl groups is 1. The van der Waals surface area contributed by atoms with Crippen LogP contribution in [0.4, 0.5) is 4.79 Å². The summed E-state index contributed by atoms with van der Waals surface area (Å²) in [5.41, 5.74) is 5.44. The zero-order chi connectivity index (χ0) is 35.3. The first-order valence-electron chi connectivity index (χ1n) is 16.9. The van der Waals surface area contributed by atoms with Crippen LogP contribution in [0.3, 0.4) is 0 Å². The molecule has 4 heterocycles. The van der Waals surface area contributed by atoms with E-state index in [1.165, 1.54) is 13.2 Å². The van der Waals surface area contributed by atoms with Crippen molar-refractivity contribution >= 4 is 12.1 Å². The van der Waals surface area contributed by atoms with Crippen molar-refractivity contribution in [2.75, 3.05) is 34.1 Å². The number of aliphatic hydroxyl groups is 1. The number of fused-ring (bicyclic) bond motifs is 9. The molecule has 0 radical (unpaired) electrons. The van der Waals surface area contributed by atoms with Crippen molar-refractivity contribution in [2.45, 2.75) is 69.9 Å². The third-order valence-electron chi connectivity index (χ3n) is 10.6. The SMILES string of the molecule is C=CCOC(=O)Oc1c(C)c2c(c3c1CC1[C@H]4c5c(cc(C)c(OC)c5O)C[C@H]([C@H](O)N1[C@H]3CNC(=O)CCc1ccccc1)N4C)OCO2. The lowest BCUT2D eigenvalue weighted by molar-refractivity contribution is -0.172. The number of phenols is 1. The van der Waals surface area contributed by atoms with Crippen LogP contribution < -0.4 is 24.3 Å². The molecule has 4 aliphatic rings. The number of hydrogen-bond acceptors (Lipinski definition) is 11. The number of likely N-dealkylation sites (N-methyl/N-ethyl adjacent to an activating group) is 1. The van der Waals surface area contributed by atoms with Gasteiger partial charge in [0.2, 0.25) is 12.7 Å². The maximum atomic E-state index is 13.4. The Hall–Kier alpha value is -4.78. The van der Waals surface area contributed by atoms with Crippen molar-refractivity contribution < 1.29 is 43.5 Å². The molecule has 1 amide bonds. The normalized spacial score (nSPS) is 23.3. The molecule has 0 saturated carbocycles. The second-order valence-electron chi connectivity index (χ2n) is 13.3. The quantitative estimate of drug-likeness (QED) is 0.168. The van der Waals surface area contributed by atoms with Gasteiger partial charge in [0.15, 0.2) is 23.0 Å². The first-order valence-corrected chi connectivity index (χ1v) is 16.9. The smallest absolute Gasteiger partial charge is 0.504 e. The number of nitrogens with one attached hydrogen (secondary N) is 1. The molecule has 3 aromatic carbocycles. The summed E-state index contributed by atoms with van der Waals surface area (Å²) in [6.07, 6.45) is 1.25. The number of phenolic OH excluding ortho intramolecular Hbond substituents is 1. The van der Waals surface area contributed by atoms with Gasteiger partial charge in [-0.2, -0.15) is 0 Å². The molecule has 7 rings (SSSR count). The van der Waals surface area contributed by atoms with E-state index in [0.29, 0.717) is 53.2 Å². The third-order valence-corrected chi connectivity index (χ3v) is 10.6. The lowest BCUT2D eigenvalue weighted by atomic mass is 9.73. The minimum atomic E-state index is -0.959. The van der Waals surface area contributed by atoms with Crippen molar-refractivity contribution in [3.05, 3.63) is 88.0 Å². The van der Waals surface area contributed by atoms with Crippen molar-refractivity contribution in [3.8, 4) is 28.7 Å². The highest BCUT2D eigenvalue weighted by Crippen LogP contribution is 2.58. The maximum Gasteiger partial charge on any atom is 0.514 e. The molecule has 12 nitrogen and oxygen atoms in total. The number of rotatable bonds is 9. The third kappa shape index (κ3) is 5.61. The van der Waals surface area contributed by atoms with Gasteiger partial charge in [-0.25, -0.2) is 4.79 Å². The Kier molecular flexibility index (Phi) is 9.10. The van der Waals surface area contributed by atoms with E-state index < -0.39 is 30.5 Å². The molecule has 0 spiro atoms. The van der Waals surface area contributed by atoms with E-state index in [-0.39, 0.29) is 49.8 Å². The minimum absolute atomic E-state index is 0.0313. The monoisotopic (exact) mass is 685 g/mol. The Morgan fingerprint density at radius 1 is 1.08 bits per heavy atom. The largest absolute Gasteiger partial charge is 0.514 e. The average molecular weight is 686 g/mol. The molecule has 1 fully saturated rings. The van der Waals surface area contributed by atoms with E-state index in [9.17, 15) is 19.8 Å². The Morgan fingerprint density at radius 2 is 1.84 bits per heavy atom. The van der Waals surface area contributed by atoms with Gasteiger partial charge in [-0.1, -0.05) is 49.1 Å². The molecular weight excluding hydrogens is 642 g/mol. The number of carbonyl (C=O) groups is 2. The fourth-order valence-corrected chi connectivity index (χ4v) is 8.42. The van der Waals surface area contributed by atoms with E-state index in [2.05, 4.69) is 16.8 Å². The minimum Gasteiger partial charge on any atom is -0.504 e. The Labute approximate surface area is 291 Å². The number of carbonyl (C=O) groups excluding carboxylic acids is 2. The van der Waals surface area contributed by atoms with Crippen LogP contribution in [-0.4, -0.2) is 84.5 Å². The molecule has 12 heteroatoms. The predicted octanol–water partition coefficient (Wildman–Crippen LogP) is 4.39. The topological polar surface area (TPSA) is 139 Å². The van der Waals surface area contributed by atoms with Crippen LogP contribution in [-0.2, 0) is 28.8 Å². The van der Waals surface area contributed by atoms with Crippen LogP contribution in [0.25, 0.3) is 0 Å². The average Bonchev–Trinajstić information content (AvgIpc) is 3.60. The van der Waals surface area contributed by atoms with Crippen molar-refractivity contribution in [1.29, 1.82) is 0 Å². The fraction of sp³-hybridized carbons (Fsp3) is 0.421. The molecule has 3 N–H and O–H groups in total. The van der Waals surface area contributed by atoms with Gasteiger partial charge >= 0.3 is 6.16 Å². The summed E-state index contributed by atoms with van der Waals surface area (Å²) in [7, 11) is 3.49. The summed E-state index contributed by atoms with van der Waals surface area (Å²) < 4.78 is 28.8. The molecule has 0 aliphatic carbocycles. The summed E-state index contributed by atoms with van der Waals surface area (Å²) in [5.74, 6) is 1.52. The van der Waals surface area contributed by atoms with Crippen molar-refractivity contribution in [2.24, 2.45) is 0 Å². The van der Waals surface area contributed by atoms with E-state index >= 15 is 0 Å². The van der Waals surface area contributed by atoms with Gasteiger partial charge in [-0.3, -0.25) is 14.6 Å². The van der Waals surface area contributed by atoms with Crippen LogP contribution in [0.1, 0.15) is 57.4 Å². The molecule has 264 valence electrons. The Morgan fingerprint density at radius 3 is 2.58 bits per heavy atom. The van der Waals surface area contributed by atoms with E-state index in [4.69, 9.17) is 23.7 Å². The van der Waals surface area contributed by atoms with Gasteiger partial charge in [-0.05, 0) is 56.8 Å². The second-order valence-corrected chi connectivity index (χ2v) is 13.3. The van der Waals surface area contributed by atoms with Crippen molar-refractivity contribution in [1.82, 2.24) is 15.1 Å². The number of amides is 1. The number of benzene rings is 3. The number of ether oxygens (including phenoxy) is 5. The van der Waals surface area contributed by atoms with Crippen LogP contribution in [0, 0.1) is 13.8 Å². The standard InChI is InChI=1S/C38H43N3O9/c1-6-14-47-38(45)50-34-21(3)35-36(49-19-48-35)30-24(34)17-25-31-29-23(15-20(2)33(46-5)32(29)43)16-26(40(31)4)37(44)41(25)27(30)18-39-28(42)13-12-22-10-8-7-9-11-22/h6-11,15,25-27,31,37,43-44H,1,12-14,16-19H2,2-5H3,(H,39,42)/t25?,26-,27+,31+,37+/m1/s1. The van der Waals surface area contributed by atoms with Gasteiger partial charge < -0.3 is 39.2 Å². The number of methoxy groups -OCH3 is 1. The molecule has 5 atom stereocenters. The lowest BCUT2D eigenvalue weighted by Crippen LogP contribution is -2.69. The van der Waals surface area contributed by atoms with Crippen LogP contribution in [0.15, 0.2) is 49.1 Å². The van der Waals surface area contributed by atoms with Gasteiger partial charge in [0.05, 0.1) is 25.2 Å². The number of aliphatic hydroxyl groups excluding tert-OH is 1. The van der Waals surface area contributed by atoms with Crippen LogP contribution in [0.5, 0.6) is 28.7 Å². The fourth-order valence-electron chi connectivity index (χ4n) is 8.42. The van der Waals surface area contributed by atoms with E-state index in [1.54, 1.807) is 6.92 Å². The molecular formula is C38H43N3O9. The molecule has 1 unspecified atom stereocenters. The highest BCUT2D eigenvalue weighted by molar-refractivity contribution is 5.76. The molecule has 0 aromatic heterocycles. The zero-order valence-corrected chi connectivity index (χ0v) is 28.7. The van der Waals surface area contributed by atoms with Crippen LogP contribution in [0.2, 0.25) is 0 Å². The van der Waals surface area contributed by atoms with Crippen molar-refractivity contribution in [3.63, 3.8) is 0 Å². The van der Waals surface area contributed by atoms with E-state index in [1.807, 2.05) is 55.3 Å². The van der Waals surface area contributed by atoms with Gasteiger partial charge in [-0.15, -0.1) is 0 Å². The molecule has 1 saturated heterocycles. The molecule has 50 heavy (non-hydrogen) atoms. The summed E-state index contributed by atoms with van der Waals surface area (Å²) in [6, 6.07) is 10.1. The summed E-state index contributed by atoms with van der Waals surface area (Å²) >= 11 is 0. The number of piperazine rings is 1. The molecule has 3 aromatic rings. The summed E-state index contributed by atoms with van der Waals surface area (Å²) in [4.78, 5) is 30.5. The lowest BCUT2D eigenvalue weighted by Gasteiger charge is -2.60. The highest BCUT2D eigenvalue weighted by Gasteiger charge is 2.56. The Balaban J connectivity index is 1.34. The zero-order valence-electron chi connectivity index (χ0n) is 28.7. The molecule has 4 aliphatic heterocycles. The van der Waals surface area contributed by atoms with Gasteiger partial charge in [0.25, 0.3) is 0 Å². The van der Waals surface area contributed by atoms with Crippen LogP contribution >= 0.6 is 0 Å². The first kappa shape index (κ1) is 33.7. The summed E-state index contributed by atoms with van der Waals surface area (Å²) in [5, 5.41) is 27.1. The van der Waals surface area contributed by atoms with E-state index in [0.717, 1.165) is 22.3 Å². The first-order chi connectivity index (χ1) is 24.1. The molecule has 2 bridgehead atoms. The second kappa shape index (κ2) is 13.5. The number of nitrogens with zero attached hydrogens (tertiary/aromatic N) is 2. The van der Waals surface area contributed by atoms with Gasteiger partial charge in [0.1, 0.15) is 18.6 Å². The van der Waals surface area contributed by atoms with Gasteiger partial charge in [0, 0.05) is 41.3 Å². The Bertz CT molecular complexity index is 1830. The maximum absolute atomic E-state index is 13.4.